The molecule has 0 aromatic rings. The topological polar surface area (TPSA) is 71.1 Å². The van der Waals surface area contributed by atoms with Crippen molar-refractivity contribution < 1.29 is 28.5 Å². The van der Waals surface area contributed by atoms with Crippen molar-refractivity contribution in [3.63, 3.8) is 0 Å². The summed E-state index contributed by atoms with van der Waals surface area (Å²) < 4.78 is 21.4. The van der Waals surface area contributed by atoms with Crippen molar-refractivity contribution in [2.75, 3.05) is 13.2 Å². The van der Waals surface area contributed by atoms with E-state index in [0.717, 1.165) is 56.8 Å². The minimum absolute atomic E-state index is 0.263. The molecule has 0 aromatic heterocycles. The predicted molar refractivity (Wildman–Crippen MR) is 145 cm³/mol. The summed E-state index contributed by atoms with van der Waals surface area (Å²) in [6.07, 6.45) is 17.8. The van der Waals surface area contributed by atoms with Crippen LogP contribution in [0.3, 0.4) is 0 Å². The largest absolute Gasteiger partial charge is 0.508 e. The lowest BCUT2D eigenvalue weighted by atomic mass is 9.95. The van der Waals surface area contributed by atoms with Crippen molar-refractivity contribution in [1.82, 2.24) is 0 Å². The fourth-order valence-electron chi connectivity index (χ4n) is 4.69. The minimum atomic E-state index is -0.607. The van der Waals surface area contributed by atoms with Gasteiger partial charge in [0.1, 0.15) is 12.2 Å². The van der Waals surface area contributed by atoms with E-state index in [1.807, 2.05) is 0 Å². The lowest BCUT2D eigenvalue weighted by Gasteiger charge is -2.28. The van der Waals surface area contributed by atoms with E-state index in [4.69, 9.17) is 18.9 Å². The van der Waals surface area contributed by atoms with Gasteiger partial charge in [0, 0.05) is 6.42 Å². The Bertz CT molecular complexity index is 502. The number of ether oxygens (including phenoxy) is 4. The van der Waals surface area contributed by atoms with Crippen LogP contribution in [-0.4, -0.2) is 37.7 Å². The quantitative estimate of drug-likeness (QED) is 0.119. The van der Waals surface area contributed by atoms with Crippen molar-refractivity contribution in [2.24, 2.45) is 11.8 Å². The first-order valence-electron chi connectivity index (χ1n) is 15.0. The number of unbranched alkanes of at least 4 members (excludes halogenated alkanes) is 10. The molecule has 1 rings (SSSR count). The van der Waals surface area contributed by atoms with Gasteiger partial charge in [-0.3, -0.25) is 0 Å². The third-order valence-corrected chi connectivity index (χ3v) is 6.90. The normalized spacial score (nSPS) is 17.8. The van der Waals surface area contributed by atoms with Crippen LogP contribution >= 0.6 is 0 Å². The highest BCUT2D eigenvalue weighted by Gasteiger charge is 2.28. The van der Waals surface area contributed by atoms with Crippen LogP contribution in [0.4, 0.5) is 9.59 Å². The Morgan fingerprint density at radius 2 is 0.944 bits per heavy atom. The van der Waals surface area contributed by atoms with Crippen LogP contribution in [0.1, 0.15) is 143 Å². The number of hydrogen-bond acceptors (Lipinski definition) is 6. The molecule has 1 aliphatic rings. The molecular weight excluding hydrogens is 456 g/mol. The Kier molecular flexibility index (Phi) is 19.5. The molecule has 1 fully saturated rings. The second-order valence-electron chi connectivity index (χ2n) is 11.5. The first-order chi connectivity index (χ1) is 17.4. The predicted octanol–water partition coefficient (Wildman–Crippen LogP) is 9.38. The summed E-state index contributed by atoms with van der Waals surface area (Å²) in [5.41, 5.74) is 0. The zero-order valence-corrected chi connectivity index (χ0v) is 23.9. The van der Waals surface area contributed by atoms with E-state index in [0.29, 0.717) is 19.6 Å². The summed E-state index contributed by atoms with van der Waals surface area (Å²) in [4.78, 5) is 24.0. The Labute approximate surface area is 221 Å². The van der Waals surface area contributed by atoms with E-state index in [9.17, 15) is 9.59 Å². The van der Waals surface area contributed by atoms with Gasteiger partial charge >= 0.3 is 12.3 Å². The highest BCUT2D eigenvalue weighted by atomic mass is 16.7. The summed E-state index contributed by atoms with van der Waals surface area (Å²) >= 11 is 0. The second kappa shape index (κ2) is 21.6. The maximum atomic E-state index is 12.0. The fraction of sp³-hybridized carbons (Fsp3) is 0.933. The van der Waals surface area contributed by atoms with Gasteiger partial charge in [0.2, 0.25) is 0 Å². The molecule has 0 aromatic carbocycles. The van der Waals surface area contributed by atoms with Gasteiger partial charge in [-0.05, 0) is 43.9 Å². The molecule has 0 bridgehead atoms. The average molecular weight is 513 g/mol. The fourth-order valence-corrected chi connectivity index (χ4v) is 4.69. The van der Waals surface area contributed by atoms with Crippen LogP contribution in [-0.2, 0) is 18.9 Å². The van der Waals surface area contributed by atoms with Gasteiger partial charge in [-0.25, -0.2) is 9.59 Å². The highest BCUT2D eigenvalue weighted by Crippen LogP contribution is 2.24. The lowest BCUT2D eigenvalue weighted by Crippen LogP contribution is -2.32. The van der Waals surface area contributed by atoms with Crippen molar-refractivity contribution >= 4 is 12.3 Å². The molecule has 1 aliphatic carbocycles. The SMILES string of the molecule is CC(C)CCCCCCCCOC(=O)OC1CCCC(OC(=O)OCCCCCCCCC(C)C)C1. The second-order valence-corrected chi connectivity index (χ2v) is 11.5. The van der Waals surface area contributed by atoms with Gasteiger partial charge in [0.25, 0.3) is 0 Å². The Morgan fingerprint density at radius 3 is 1.33 bits per heavy atom. The van der Waals surface area contributed by atoms with Gasteiger partial charge in [-0.15, -0.1) is 0 Å². The van der Waals surface area contributed by atoms with Crippen molar-refractivity contribution in [1.29, 1.82) is 0 Å². The molecule has 2 unspecified atom stereocenters. The molecule has 0 aliphatic heterocycles. The van der Waals surface area contributed by atoms with E-state index in [2.05, 4.69) is 27.7 Å². The zero-order chi connectivity index (χ0) is 26.4. The van der Waals surface area contributed by atoms with Crippen molar-refractivity contribution in [2.45, 2.75) is 155 Å². The van der Waals surface area contributed by atoms with Gasteiger partial charge < -0.3 is 18.9 Å². The molecule has 0 radical (unpaired) electrons. The van der Waals surface area contributed by atoms with Gasteiger partial charge in [-0.2, -0.15) is 0 Å². The first kappa shape index (κ1) is 32.6. The van der Waals surface area contributed by atoms with E-state index in [1.165, 1.54) is 64.2 Å². The summed E-state index contributed by atoms with van der Waals surface area (Å²) in [6, 6.07) is 0. The van der Waals surface area contributed by atoms with Gasteiger partial charge in [0.05, 0.1) is 13.2 Å². The molecule has 0 spiro atoms. The molecule has 6 nitrogen and oxygen atoms in total. The van der Waals surface area contributed by atoms with E-state index in [1.54, 1.807) is 0 Å². The number of rotatable bonds is 20. The summed E-state index contributed by atoms with van der Waals surface area (Å²) in [5.74, 6) is 1.58. The number of hydrogen-bond donors (Lipinski definition) is 0. The molecule has 6 heteroatoms. The van der Waals surface area contributed by atoms with Crippen LogP contribution in [0.15, 0.2) is 0 Å². The third-order valence-electron chi connectivity index (χ3n) is 6.90. The lowest BCUT2D eigenvalue weighted by molar-refractivity contribution is -0.0350. The zero-order valence-electron chi connectivity index (χ0n) is 23.9. The van der Waals surface area contributed by atoms with Crippen LogP contribution in [0.2, 0.25) is 0 Å². The molecule has 0 amide bonds. The Hall–Kier alpha value is -1.46. The number of carbonyl (C=O) groups excluding carboxylic acids is 2. The Morgan fingerprint density at radius 1 is 0.583 bits per heavy atom. The van der Waals surface area contributed by atoms with E-state index >= 15 is 0 Å². The minimum Gasteiger partial charge on any atom is -0.434 e. The third kappa shape index (κ3) is 19.7. The van der Waals surface area contributed by atoms with Gasteiger partial charge in [-0.1, -0.05) is 105 Å². The van der Waals surface area contributed by atoms with E-state index < -0.39 is 12.3 Å². The standard InChI is InChI=1S/C30H56O6/c1-25(2)18-13-9-5-7-11-15-22-33-29(31)35-27-20-17-21-28(24-27)36-30(32)34-23-16-12-8-6-10-14-19-26(3)4/h25-28H,5-24H2,1-4H3. The molecule has 0 saturated heterocycles. The molecule has 0 N–H and O–H groups in total. The molecule has 212 valence electrons. The molecule has 2 atom stereocenters. The molecular formula is C30H56O6. The first-order valence-corrected chi connectivity index (χ1v) is 15.0. The summed E-state index contributed by atoms with van der Waals surface area (Å²) in [6.45, 7) is 9.88. The molecule has 36 heavy (non-hydrogen) atoms. The maximum absolute atomic E-state index is 12.0. The number of carbonyl (C=O) groups is 2. The van der Waals surface area contributed by atoms with Crippen LogP contribution in [0.5, 0.6) is 0 Å². The smallest absolute Gasteiger partial charge is 0.434 e. The van der Waals surface area contributed by atoms with E-state index in [-0.39, 0.29) is 12.2 Å². The molecule has 1 saturated carbocycles. The maximum Gasteiger partial charge on any atom is 0.508 e. The monoisotopic (exact) mass is 512 g/mol. The summed E-state index contributed by atoms with van der Waals surface area (Å²) in [5, 5.41) is 0. The van der Waals surface area contributed by atoms with Crippen LogP contribution in [0, 0.1) is 11.8 Å². The van der Waals surface area contributed by atoms with Crippen LogP contribution < -0.4 is 0 Å². The van der Waals surface area contributed by atoms with Crippen molar-refractivity contribution in [3.05, 3.63) is 0 Å². The average Bonchev–Trinajstić information content (AvgIpc) is 2.81. The van der Waals surface area contributed by atoms with Crippen LogP contribution in [0.25, 0.3) is 0 Å². The van der Waals surface area contributed by atoms with Gasteiger partial charge in [0.15, 0.2) is 0 Å². The molecule has 0 heterocycles. The summed E-state index contributed by atoms with van der Waals surface area (Å²) in [7, 11) is 0. The van der Waals surface area contributed by atoms with Crippen molar-refractivity contribution in [3.8, 4) is 0 Å². The highest BCUT2D eigenvalue weighted by molar-refractivity contribution is 5.60. The Balaban J connectivity index is 2.01.